The van der Waals surface area contributed by atoms with Gasteiger partial charge in [0.25, 0.3) is 0 Å². The number of benzene rings is 9. The van der Waals surface area contributed by atoms with Crippen molar-refractivity contribution >= 4 is 49.3 Å². The second-order valence-electron chi connectivity index (χ2n) is 15.2. The van der Waals surface area contributed by atoms with Crippen molar-refractivity contribution in [1.82, 2.24) is 0 Å². The van der Waals surface area contributed by atoms with E-state index in [1.807, 2.05) is 11.3 Å². The number of thiophene rings is 1. The monoisotopic (exact) mass is 741 g/mol. The number of fused-ring (bicyclic) bond motifs is 13. The van der Waals surface area contributed by atoms with Crippen molar-refractivity contribution in [2.45, 2.75) is 5.41 Å². The highest BCUT2D eigenvalue weighted by molar-refractivity contribution is 7.22. The highest BCUT2D eigenvalue weighted by Crippen LogP contribution is 2.67. The molecule has 2 aliphatic carbocycles. The van der Waals surface area contributed by atoms with E-state index in [-0.39, 0.29) is 0 Å². The molecule has 0 bridgehead atoms. The lowest BCUT2D eigenvalue weighted by molar-refractivity contribution is 0.804. The topological polar surface area (TPSA) is 3.24 Å². The van der Waals surface area contributed by atoms with Crippen molar-refractivity contribution in [3.8, 4) is 43.8 Å². The fourth-order valence-electron chi connectivity index (χ4n) is 9.88. The van der Waals surface area contributed by atoms with E-state index in [9.17, 15) is 0 Å². The quantitative estimate of drug-likeness (QED) is 0.170. The smallest absolute Gasteiger partial charge is 0.0746 e. The van der Waals surface area contributed by atoms with Gasteiger partial charge >= 0.3 is 0 Å². The summed E-state index contributed by atoms with van der Waals surface area (Å²) in [6.45, 7) is 0. The minimum absolute atomic E-state index is 0.426. The first-order chi connectivity index (χ1) is 28.3. The summed E-state index contributed by atoms with van der Waals surface area (Å²) in [6, 6.07) is 78.5. The maximum absolute atomic E-state index is 2.38. The van der Waals surface area contributed by atoms with Crippen LogP contribution in [-0.2, 0) is 5.41 Å². The highest BCUT2D eigenvalue weighted by atomic mass is 32.1. The Morgan fingerprint density at radius 2 is 0.912 bits per heavy atom. The van der Waals surface area contributed by atoms with Crippen LogP contribution in [0.5, 0.6) is 0 Å². The fraction of sp³-hybridized carbons (Fsp3) is 0.0182. The summed E-state index contributed by atoms with van der Waals surface area (Å²) in [6.07, 6.45) is 0. The first kappa shape index (κ1) is 32.3. The lowest BCUT2D eigenvalue weighted by Crippen LogP contribution is -2.26. The van der Waals surface area contributed by atoms with E-state index in [1.54, 1.807) is 0 Å². The molecular weight excluding hydrogens is 707 g/mol. The molecule has 1 aromatic heterocycles. The van der Waals surface area contributed by atoms with Crippen molar-refractivity contribution < 1.29 is 0 Å². The summed E-state index contributed by atoms with van der Waals surface area (Å²) >= 11 is 1.94. The molecular formula is C55H35NS. The molecule has 1 atom stereocenters. The summed E-state index contributed by atoms with van der Waals surface area (Å²) in [5, 5.41) is 3.81. The van der Waals surface area contributed by atoms with E-state index in [4.69, 9.17) is 0 Å². The molecule has 1 unspecified atom stereocenters. The average Bonchev–Trinajstić information content (AvgIpc) is 3.91. The van der Waals surface area contributed by atoms with E-state index >= 15 is 0 Å². The zero-order valence-electron chi connectivity index (χ0n) is 31.1. The maximum Gasteiger partial charge on any atom is 0.0746 e. The van der Waals surface area contributed by atoms with E-state index in [0.717, 1.165) is 17.1 Å². The van der Waals surface area contributed by atoms with Gasteiger partial charge in [0.2, 0.25) is 0 Å². The number of anilines is 3. The third-order valence-corrected chi connectivity index (χ3v) is 13.5. The van der Waals surface area contributed by atoms with Gasteiger partial charge < -0.3 is 4.90 Å². The van der Waals surface area contributed by atoms with Crippen molar-refractivity contribution in [3.05, 3.63) is 235 Å². The first-order valence-electron chi connectivity index (χ1n) is 19.7. The third kappa shape index (κ3) is 4.68. The maximum atomic E-state index is 2.38. The van der Waals surface area contributed by atoms with Crippen LogP contribution in [0.3, 0.4) is 0 Å². The Balaban J connectivity index is 1.04. The molecule has 0 amide bonds. The molecule has 0 N–H and O–H groups in total. The molecule has 0 radical (unpaired) electrons. The molecule has 12 rings (SSSR count). The van der Waals surface area contributed by atoms with Gasteiger partial charge in [-0.25, -0.2) is 0 Å². The van der Waals surface area contributed by atoms with Crippen LogP contribution in [-0.4, -0.2) is 0 Å². The van der Waals surface area contributed by atoms with Gasteiger partial charge in [-0.1, -0.05) is 170 Å². The predicted molar refractivity (Wildman–Crippen MR) is 241 cm³/mol. The lowest BCUT2D eigenvalue weighted by Gasteiger charge is -2.32. The zero-order chi connectivity index (χ0) is 37.5. The molecule has 1 spiro atoms. The molecule has 57 heavy (non-hydrogen) atoms. The average molecular weight is 742 g/mol. The molecule has 2 aliphatic rings. The Labute approximate surface area is 336 Å². The number of rotatable bonds is 5. The molecule has 1 heterocycles. The van der Waals surface area contributed by atoms with Crippen LogP contribution in [0.4, 0.5) is 17.1 Å². The van der Waals surface area contributed by atoms with Crippen LogP contribution in [0.2, 0.25) is 0 Å². The first-order valence-corrected chi connectivity index (χ1v) is 20.5. The van der Waals surface area contributed by atoms with Gasteiger partial charge in [0.15, 0.2) is 0 Å². The van der Waals surface area contributed by atoms with Crippen molar-refractivity contribution in [3.63, 3.8) is 0 Å². The largest absolute Gasteiger partial charge is 0.310 e. The van der Waals surface area contributed by atoms with E-state index in [0.29, 0.717) is 0 Å². The van der Waals surface area contributed by atoms with Crippen molar-refractivity contribution in [1.29, 1.82) is 0 Å². The van der Waals surface area contributed by atoms with Gasteiger partial charge in [0.05, 0.1) is 5.41 Å². The minimum Gasteiger partial charge on any atom is -0.310 e. The van der Waals surface area contributed by atoms with Gasteiger partial charge in [0, 0.05) is 26.6 Å². The molecule has 10 aromatic rings. The van der Waals surface area contributed by atoms with Crippen molar-refractivity contribution in [2.24, 2.45) is 0 Å². The van der Waals surface area contributed by atoms with Gasteiger partial charge in [-0.05, 0) is 120 Å². The molecule has 0 saturated carbocycles. The second kappa shape index (κ2) is 12.5. The van der Waals surface area contributed by atoms with Crippen LogP contribution in [0.25, 0.3) is 64.7 Å². The lowest BCUT2D eigenvalue weighted by atomic mass is 9.68. The number of hydrogen-bond acceptors (Lipinski definition) is 2. The summed E-state index contributed by atoms with van der Waals surface area (Å²) in [4.78, 5) is 3.78. The predicted octanol–water partition coefficient (Wildman–Crippen LogP) is 15.2. The number of nitrogens with zero attached hydrogens (tertiary/aromatic N) is 1. The molecule has 1 nitrogen and oxygen atoms in total. The Kier molecular flexibility index (Phi) is 7.08. The third-order valence-electron chi connectivity index (χ3n) is 12.3. The normalized spacial score (nSPS) is 14.7. The fourth-order valence-corrected chi connectivity index (χ4v) is 11.2. The van der Waals surface area contributed by atoms with Gasteiger partial charge in [-0.15, -0.1) is 11.3 Å². The summed E-state index contributed by atoms with van der Waals surface area (Å²) in [7, 11) is 0. The molecule has 0 fully saturated rings. The summed E-state index contributed by atoms with van der Waals surface area (Å²) in [5.41, 5.74) is 17.4. The highest BCUT2D eigenvalue weighted by Gasteiger charge is 2.54. The SMILES string of the molecule is c1ccc(-c2ccc(N(c3ccc(-c4cccc5c4C4(c6ccccc6-5)c5ccccc5-c5sc6ccccc6c54)cc3)c3ccc4ccccc4c3)cc2)cc1. The van der Waals surface area contributed by atoms with Gasteiger partial charge in [0.1, 0.15) is 0 Å². The van der Waals surface area contributed by atoms with Crippen LogP contribution in [0.15, 0.2) is 212 Å². The van der Waals surface area contributed by atoms with Crippen LogP contribution < -0.4 is 4.90 Å². The summed E-state index contributed by atoms with van der Waals surface area (Å²) in [5.74, 6) is 0. The molecule has 266 valence electrons. The molecule has 0 saturated heterocycles. The van der Waals surface area contributed by atoms with Gasteiger partial charge in [-0.3, -0.25) is 0 Å². The van der Waals surface area contributed by atoms with Gasteiger partial charge in [-0.2, -0.15) is 0 Å². The van der Waals surface area contributed by atoms with E-state index < -0.39 is 5.41 Å². The van der Waals surface area contributed by atoms with Crippen LogP contribution >= 0.6 is 11.3 Å². The molecule has 9 aromatic carbocycles. The minimum atomic E-state index is -0.426. The molecule has 0 aliphatic heterocycles. The summed E-state index contributed by atoms with van der Waals surface area (Å²) < 4.78 is 1.34. The number of hydrogen-bond donors (Lipinski definition) is 0. The standard InChI is InChI=1S/C55H35NS/c1-2-13-36(14-3-1)38-25-30-41(31-26-38)56(43-34-27-37-15-4-5-16-40(37)35-43)42-32-28-39(29-33-42)44-20-12-21-46-45-17-6-9-22-49(45)55(52(44)46)50-23-10-7-18-47(50)54-53(55)48-19-8-11-24-51(48)57-54/h1-35H. The Morgan fingerprint density at radius 3 is 1.70 bits per heavy atom. The zero-order valence-corrected chi connectivity index (χ0v) is 31.9. The van der Waals surface area contributed by atoms with Crippen LogP contribution in [0.1, 0.15) is 22.3 Å². The Hall–Kier alpha value is -7.00. The Bertz CT molecular complexity index is 3170. The van der Waals surface area contributed by atoms with E-state index in [2.05, 4.69) is 217 Å². The van der Waals surface area contributed by atoms with E-state index in [1.165, 1.54) is 86.9 Å². The molecule has 2 heteroatoms. The van der Waals surface area contributed by atoms with Crippen LogP contribution in [0, 0.1) is 0 Å². The Morgan fingerprint density at radius 1 is 0.351 bits per heavy atom. The van der Waals surface area contributed by atoms with Crippen molar-refractivity contribution in [2.75, 3.05) is 4.90 Å². The second-order valence-corrected chi connectivity index (χ2v) is 16.3.